The van der Waals surface area contributed by atoms with Gasteiger partial charge in [-0.15, -0.1) is 0 Å². The largest absolute Gasteiger partial charge is 0.330 e. The Bertz CT molecular complexity index is 1130. The molecule has 1 atom stereocenters. The molecule has 0 unspecified atom stereocenters. The van der Waals surface area contributed by atoms with Gasteiger partial charge in [0.05, 0.1) is 4.90 Å². The zero-order chi connectivity index (χ0) is 23.6. The molecule has 0 saturated carbocycles. The summed E-state index contributed by atoms with van der Waals surface area (Å²) in [5, 5.41) is 3.38. The van der Waals surface area contributed by atoms with E-state index < -0.39 is 16.1 Å². The minimum Gasteiger partial charge on any atom is -0.330 e. The van der Waals surface area contributed by atoms with Crippen LogP contribution in [0.4, 0.5) is 5.69 Å². The molecule has 176 valence electrons. The number of likely N-dealkylation sites (tertiary alicyclic amines) is 1. The van der Waals surface area contributed by atoms with Gasteiger partial charge in [-0.05, 0) is 62.9 Å². The molecule has 0 radical (unpaired) electrons. The highest BCUT2D eigenvalue weighted by molar-refractivity contribution is 7.89. The molecule has 4 rings (SSSR count). The maximum absolute atomic E-state index is 13.2. The fourth-order valence-electron chi connectivity index (χ4n) is 4.53. The van der Waals surface area contributed by atoms with Crippen LogP contribution in [0, 0.1) is 12.8 Å². The SMILES string of the molecule is Cc1ccc(S(=O)(=O)N2CCC(C(=O)N3CCC[C@H]3C(=O)Nc3cccc(Cl)c3)CC2)cc1. The van der Waals surface area contributed by atoms with Gasteiger partial charge in [0.1, 0.15) is 6.04 Å². The summed E-state index contributed by atoms with van der Waals surface area (Å²) in [7, 11) is -3.58. The van der Waals surface area contributed by atoms with Crippen LogP contribution >= 0.6 is 11.6 Å². The first-order chi connectivity index (χ1) is 15.8. The smallest absolute Gasteiger partial charge is 0.247 e. The highest BCUT2D eigenvalue weighted by Crippen LogP contribution is 2.29. The highest BCUT2D eigenvalue weighted by Gasteiger charge is 2.39. The van der Waals surface area contributed by atoms with Crippen molar-refractivity contribution in [1.29, 1.82) is 0 Å². The molecular weight excluding hydrogens is 462 g/mol. The van der Waals surface area contributed by atoms with Crippen molar-refractivity contribution in [1.82, 2.24) is 9.21 Å². The van der Waals surface area contributed by atoms with Crippen molar-refractivity contribution >= 4 is 39.1 Å². The van der Waals surface area contributed by atoms with Crippen molar-refractivity contribution in [3.63, 3.8) is 0 Å². The second-order valence-electron chi connectivity index (χ2n) is 8.68. The van der Waals surface area contributed by atoms with E-state index in [1.807, 2.05) is 6.92 Å². The van der Waals surface area contributed by atoms with E-state index in [1.54, 1.807) is 53.4 Å². The van der Waals surface area contributed by atoms with Crippen LogP contribution in [0.3, 0.4) is 0 Å². The van der Waals surface area contributed by atoms with Gasteiger partial charge in [0, 0.05) is 36.3 Å². The van der Waals surface area contributed by atoms with Gasteiger partial charge in [-0.1, -0.05) is 35.4 Å². The third kappa shape index (κ3) is 5.23. The van der Waals surface area contributed by atoms with E-state index in [-0.39, 0.29) is 22.6 Å². The Labute approximate surface area is 199 Å². The summed E-state index contributed by atoms with van der Waals surface area (Å²) >= 11 is 6.00. The molecule has 1 N–H and O–H groups in total. The zero-order valence-electron chi connectivity index (χ0n) is 18.5. The average Bonchev–Trinajstić information content (AvgIpc) is 3.29. The number of carbonyl (C=O) groups excluding carboxylic acids is 2. The maximum Gasteiger partial charge on any atom is 0.247 e. The number of nitrogens with zero attached hydrogens (tertiary/aromatic N) is 2. The summed E-state index contributed by atoms with van der Waals surface area (Å²) in [6.07, 6.45) is 2.27. The number of nitrogens with one attached hydrogen (secondary N) is 1. The summed E-state index contributed by atoms with van der Waals surface area (Å²) in [4.78, 5) is 28.0. The van der Waals surface area contributed by atoms with E-state index in [9.17, 15) is 18.0 Å². The van der Waals surface area contributed by atoms with E-state index in [1.165, 1.54) is 4.31 Å². The van der Waals surface area contributed by atoms with Crippen LogP contribution in [0.5, 0.6) is 0 Å². The van der Waals surface area contributed by atoms with Crippen molar-refractivity contribution in [2.75, 3.05) is 25.0 Å². The van der Waals surface area contributed by atoms with Crippen LogP contribution in [0.2, 0.25) is 5.02 Å². The van der Waals surface area contributed by atoms with Crippen LogP contribution in [-0.2, 0) is 19.6 Å². The molecule has 2 aliphatic rings. The third-order valence-corrected chi connectivity index (χ3v) is 8.54. The first kappa shape index (κ1) is 23.7. The predicted molar refractivity (Wildman–Crippen MR) is 127 cm³/mol. The second-order valence-corrected chi connectivity index (χ2v) is 11.1. The highest BCUT2D eigenvalue weighted by atomic mass is 35.5. The second kappa shape index (κ2) is 9.83. The quantitative estimate of drug-likeness (QED) is 0.694. The van der Waals surface area contributed by atoms with Crippen molar-refractivity contribution in [3.8, 4) is 0 Å². The Morgan fingerprint density at radius 2 is 1.70 bits per heavy atom. The van der Waals surface area contributed by atoms with Gasteiger partial charge >= 0.3 is 0 Å². The molecule has 0 aromatic heterocycles. The van der Waals surface area contributed by atoms with Gasteiger partial charge in [-0.25, -0.2) is 8.42 Å². The Balaban J connectivity index is 1.37. The number of hydrogen-bond donors (Lipinski definition) is 1. The summed E-state index contributed by atoms with van der Waals surface area (Å²) in [5.41, 5.74) is 1.60. The first-order valence-electron chi connectivity index (χ1n) is 11.2. The van der Waals surface area contributed by atoms with E-state index >= 15 is 0 Å². The number of aryl methyl sites for hydroxylation is 1. The molecule has 0 spiro atoms. The number of sulfonamides is 1. The standard InChI is InChI=1S/C24H28ClN3O4S/c1-17-7-9-21(10-8-17)33(31,32)27-14-11-18(12-15-27)24(30)28-13-3-6-22(28)23(29)26-20-5-2-4-19(25)16-20/h2,4-5,7-10,16,18,22H,3,6,11-15H2,1H3,(H,26,29)/t22-/m0/s1. The van der Waals surface area contributed by atoms with Gasteiger partial charge in [-0.3, -0.25) is 9.59 Å². The molecule has 33 heavy (non-hydrogen) atoms. The van der Waals surface area contributed by atoms with Crippen molar-refractivity contribution < 1.29 is 18.0 Å². The molecule has 2 saturated heterocycles. The molecule has 0 bridgehead atoms. The molecule has 2 aromatic carbocycles. The Kier molecular flexibility index (Phi) is 7.07. The van der Waals surface area contributed by atoms with Gasteiger partial charge in [0.25, 0.3) is 0 Å². The normalized spacial score (nSPS) is 20.1. The summed E-state index contributed by atoms with van der Waals surface area (Å²) in [6, 6.07) is 13.2. The number of benzene rings is 2. The summed E-state index contributed by atoms with van der Waals surface area (Å²) in [5.74, 6) is -0.567. The number of carbonyl (C=O) groups is 2. The van der Waals surface area contributed by atoms with E-state index in [4.69, 9.17) is 11.6 Å². The lowest BCUT2D eigenvalue weighted by Crippen LogP contribution is -2.48. The molecule has 9 heteroatoms. The molecule has 2 amide bonds. The van der Waals surface area contributed by atoms with Gasteiger partial charge in [0.15, 0.2) is 0 Å². The van der Waals surface area contributed by atoms with E-state index in [0.29, 0.717) is 49.6 Å². The average molecular weight is 490 g/mol. The number of hydrogen-bond acceptors (Lipinski definition) is 4. The number of piperidine rings is 1. The maximum atomic E-state index is 13.2. The Hall–Kier alpha value is -2.42. The Morgan fingerprint density at radius 3 is 2.36 bits per heavy atom. The first-order valence-corrected chi connectivity index (χ1v) is 13.0. The molecular formula is C24H28ClN3O4S. The minimum atomic E-state index is -3.58. The zero-order valence-corrected chi connectivity index (χ0v) is 20.1. The van der Waals surface area contributed by atoms with Gasteiger partial charge < -0.3 is 10.2 Å². The van der Waals surface area contributed by atoms with Crippen molar-refractivity contribution in [2.24, 2.45) is 5.92 Å². The molecule has 2 fully saturated rings. The summed E-state index contributed by atoms with van der Waals surface area (Å²) in [6.45, 7) is 3.03. The topological polar surface area (TPSA) is 86.8 Å². The molecule has 2 aliphatic heterocycles. The van der Waals surface area contributed by atoms with Crippen LogP contribution in [-0.4, -0.2) is 55.1 Å². The lowest BCUT2D eigenvalue weighted by Gasteiger charge is -2.34. The number of rotatable bonds is 5. The molecule has 7 nitrogen and oxygen atoms in total. The van der Waals surface area contributed by atoms with Crippen molar-refractivity contribution in [2.45, 2.75) is 43.5 Å². The lowest BCUT2D eigenvalue weighted by atomic mass is 9.96. The third-order valence-electron chi connectivity index (χ3n) is 6.39. The molecule has 0 aliphatic carbocycles. The number of halogens is 1. The van der Waals surface area contributed by atoms with E-state index in [0.717, 1.165) is 12.0 Å². The van der Waals surface area contributed by atoms with Crippen molar-refractivity contribution in [3.05, 3.63) is 59.1 Å². The molecule has 2 heterocycles. The van der Waals surface area contributed by atoms with Crippen LogP contribution in [0.25, 0.3) is 0 Å². The fourth-order valence-corrected chi connectivity index (χ4v) is 6.19. The fraction of sp³-hybridized carbons (Fsp3) is 0.417. The van der Waals surface area contributed by atoms with Crippen LogP contribution < -0.4 is 5.32 Å². The number of anilines is 1. The predicted octanol–water partition coefficient (Wildman–Crippen LogP) is 3.68. The summed E-state index contributed by atoms with van der Waals surface area (Å²) < 4.78 is 27.3. The molecule has 2 aromatic rings. The monoisotopic (exact) mass is 489 g/mol. The van der Waals surface area contributed by atoms with Crippen LogP contribution in [0.15, 0.2) is 53.4 Å². The van der Waals surface area contributed by atoms with Gasteiger partial charge in [-0.2, -0.15) is 4.31 Å². The Morgan fingerprint density at radius 1 is 1.00 bits per heavy atom. The lowest BCUT2D eigenvalue weighted by molar-refractivity contribution is -0.141. The minimum absolute atomic E-state index is 0.0638. The van der Waals surface area contributed by atoms with Gasteiger partial charge in [0.2, 0.25) is 21.8 Å². The van der Waals surface area contributed by atoms with Crippen LogP contribution in [0.1, 0.15) is 31.2 Å². The van der Waals surface area contributed by atoms with E-state index in [2.05, 4.69) is 5.32 Å². The number of amides is 2.